The van der Waals surface area contributed by atoms with Gasteiger partial charge in [0.1, 0.15) is 11.5 Å². The molecule has 0 saturated heterocycles. The van der Waals surface area contributed by atoms with Crippen LogP contribution in [-0.4, -0.2) is 33.3 Å². The van der Waals surface area contributed by atoms with Crippen molar-refractivity contribution in [3.8, 4) is 23.0 Å². The molecule has 6 nitrogen and oxygen atoms in total. The largest absolute Gasteiger partial charge is 0.497 e. The first kappa shape index (κ1) is 22.1. The number of hydrogen-bond donors (Lipinski definition) is 1. The number of ether oxygens (including phenoxy) is 4. The Balaban J connectivity index is 2.08. The highest BCUT2D eigenvalue weighted by Crippen LogP contribution is 2.30. The summed E-state index contributed by atoms with van der Waals surface area (Å²) in [5.74, 6) is 2.29. The van der Waals surface area contributed by atoms with E-state index < -0.39 is 0 Å². The third-order valence-electron chi connectivity index (χ3n) is 4.12. The lowest BCUT2D eigenvalue weighted by atomic mass is 10.2. The van der Waals surface area contributed by atoms with E-state index in [1.54, 1.807) is 38.5 Å². The summed E-state index contributed by atoms with van der Waals surface area (Å²) in [4.78, 5) is 12.3. The minimum Gasteiger partial charge on any atom is -0.497 e. The fourth-order valence-electron chi connectivity index (χ4n) is 2.59. The minimum atomic E-state index is -0.269. The average Bonchev–Trinajstić information content (AvgIpc) is 2.74. The highest BCUT2D eigenvalue weighted by molar-refractivity contribution is 6.02. The number of nitrogens with one attached hydrogen (secondary N) is 1. The van der Waals surface area contributed by atoms with E-state index >= 15 is 0 Å². The van der Waals surface area contributed by atoms with E-state index in [-0.39, 0.29) is 5.91 Å². The number of amides is 1. The first-order valence-electron chi connectivity index (χ1n) is 9.72. The Morgan fingerprint density at radius 2 is 1.79 bits per heavy atom. The van der Waals surface area contributed by atoms with E-state index in [1.807, 2.05) is 25.1 Å². The zero-order valence-electron chi connectivity index (χ0n) is 17.5. The highest BCUT2D eigenvalue weighted by atomic mass is 16.5. The monoisotopic (exact) mass is 399 g/mol. The van der Waals surface area contributed by atoms with Gasteiger partial charge in [-0.2, -0.15) is 0 Å². The molecule has 29 heavy (non-hydrogen) atoms. The van der Waals surface area contributed by atoms with Gasteiger partial charge in [0.05, 0.1) is 33.1 Å². The van der Waals surface area contributed by atoms with Gasteiger partial charge >= 0.3 is 0 Å². The zero-order valence-corrected chi connectivity index (χ0v) is 17.5. The maximum Gasteiger partial charge on any atom is 0.248 e. The van der Waals surface area contributed by atoms with Crippen LogP contribution in [0.25, 0.3) is 6.08 Å². The number of rotatable bonds is 11. The second kappa shape index (κ2) is 11.6. The third-order valence-corrected chi connectivity index (χ3v) is 4.12. The second-order valence-corrected chi connectivity index (χ2v) is 6.23. The number of unbranched alkanes of at least 4 members (excludes halogenated alkanes) is 1. The molecule has 0 aliphatic heterocycles. The molecule has 1 N–H and O–H groups in total. The molecule has 2 aromatic carbocycles. The molecule has 0 fully saturated rings. The summed E-state index contributed by atoms with van der Waals surface area (Å²) >= 11 is 0. The zero-order chi connectivity index (χ0) is 21.1. The fraction of sp³-hybridized carbons (Fsp3) is 0.348. The standard InChI is InChI=1S/C23H29NO5/c1-5-7-14-29-20-12-8-17(15-22(20)28-6-2)9-13-23(25)24-19-11-10-18(26-3)16-21(19)27-4/h8-13,15-16H,5-7,14H2,1-4H3,(H,24,25)/b13-9+. The lowest BCUT2D eigenvalue weighted by molar-refractivity contribution is -0.111. The Labute approximate surface area is 172 Å². The number of benzene rings is 2. The van der Waals surface area contributed by atoms with Crippen molar-refractivity contribution >= 4 is 17.7 Å². The van der Waals surface area contributed by atoms with Crippen LogP contribution in [0.15, 0.2) is 42.5 Å². The van der Waals surface area contributed by atoms with Gasteiger partial charge in [0.25, 0.3) is 0 Å². The van der Waals surface area contributed by atoms with Crippen LogP contribution >= 0.6 is 0 Å². The first-order valence-corrected chi connectivity index (χ1v) is 9.72. The number of methoxy groups -OCH3 is 2. The van der Waals surface area contributed by atoms with E-state index in [9.17, 15) is 4.79 Å². The quantitative estimate of drug-likeness (QED) is 0.429. The summed E-state index contributed by atoms with van der Waals surface area (Å²) in [5, 5.41) is 2.81. The number of anilines is 1. The highest BCUT2D eigenvalue weighted by Gasteiger charge is 2.08. The molecule has 0 aliphatic carbocycles. The third kappa shape index (κ3) is 6.75. The summed E-state index contributed by atoms with van der Waals surface area (Å²) in [7, 11) is 3.12. The predicted octanol–water partition coefficient (Wildman–Crippen LogP) is 4.93. The molecule has 6 heteroatoms. The van der Waals surface area contributed by atoms with Gasteiger partial charge in [0.2, 0.25) is 5.91 Å². The van der Waals surface area contributed by atoms with Crippen LogP contribution in [0.5, 0.6) is 23.0 Å². The Kier molecular flexibility index (Phi) is 8.89. The van der Waals surface area contributed by atoms with Crippen molar-refractivity contribution < 1.29 is 23.7 Å². The molecule has 0 aromatic heterocycles. The van der Waals surface area contributed by atoms with Crippen molar-refractivity contribution in [3.05, 3.63) is 48.0 Å². The molecule has 0 bridgehead atoms. The Hall–Kier alpha value is -3.15. The van der Waals surface area contributed by atoms with Crippen molar-refractivity contribution in [1.82, 2.24) is 0 Å². The molecule has 0 aliphatic rings. The van der Waals surface area contributed by atoms with Crippen molar-refractivity contribution in [3.63, 3.8) is 0 Å². The predicted molar refractivity (Wildman–Crippen MR) is 115 cm³/mol. The van der Waals surface area contributed by atoms with Crippen LogP contribution in [0.4, 0.5) is 5.69 Å². The van der Waals surface area contributed by atoms with E-state index in [1.165, 1.54) is 6.08 Å². The molecule has 2 rings (SSSR count). The van der Waals surface area contributed by atoms with Crippen LogP contribution in [0.2, 0.25) is 0 Å². The van der Waals surface area contributed by atoms with Crippen molar-refractivity contribution in [2.45, 2.75) is 26.7 Å². The van der Waals surface area contributed by atoms with Crippen LogP contribution in [0.1, 0.15) is 32.3 Å². The van der Waals surface area contributed by atoms with Gasteiger partial charge in [-0.25, -0.2) is 0 Å². The van der Waals surface area contributed by atoms with Gasteiger partial charge in [-0.05, 0) is 49.2 Å². The van der Waals surface area contributed by atoms with E-state index in [0.29, 0.717) is 41.9 Å². The lowest BCUT2D eigenvalue weighted by Crippen LogP contribution is -2.09. The minimum absolute atomic E-state index is 0.269. The van der Waals surface area contributed by atoms with Gasteiger partial charge < -0.3 is 24.3 Å². The maximum atomic E-state index is 12.3. The van der Waals surface area contributed by atoms with Crippen LogP contribution < -0.4 is 24.3 Å². The van der Waals surface area contributed by atoms with Crippen LogP contribution in [0.3, 0.4) is 0 Å². The van der Waals surface area contributed by atoms with E-state index in [0.717, 1.165) is 18.4 Å². The molecule has 0 saturated carbocycles. The Morgan fingerprint density at radius 1 is 0.966 bits per heavy atom. The van der Waals surface area contributed by atoms with Gasteiger partial charge in [0, 0.05) is 12.1 Å². The molecule has 2 aromatic rings. The number of carbonyl (C=O) groups excluding carboxylic acids is 1. The topological polar surface area (TPSA) is 66.0 Å². The lowest BCUT2D eigenvalue weighted by Gasteiger charge is -2.12. The summed E-state index contributed by atoms with van der Waals surface area (Å²) in [6.45, 7) is 5.23. The Morgan fingerprint density at radius 3 is 2.48 bits per heavy atom. The van der Waals surface area contributed by atoms with Crippen molar-refractivity contribution in [2.24, 2.45) is 0 Å². The smallest absolute Gasteiger partial charge is 0.248 e. The molecule has 156 valence electrons. The van der Waals surface area contributed by atoms with Gasteiger partial charge in [0.15, 0.2) is 11.5 Å². The first-order chi connectivity index (χ1) is 14.1. The Bertz CT molecular complexity index is 832. The molecule has 0 atom stereocenters. The summed E-state index contributed by atoms with van der Waals surface area (Å²) < 4.78 is 21.9. The van der Waals surface area contributed by atoms with Gasteiger partial charge in [-0.1, -0.05) is 19.4 Å². The SMILES string of the molecule is CCCCOc1ccc(/C=C/C(=O)Nc2ccc(OC)cc2OC)cc1OCC. The van der Waals surface area contributed by atoms with Gasteiger partial charge in [-0.15, -0.1) is 0 Å². The fourth-order valence-corrected chi connectivity index (χ4v) is 2.59. The summed E-state index contributed by atoms with van der Waals surface area (Å²) in [6, 6.07) is 10.8. The van der Waals surface area contributed by atoms with Gasteiger partial charge in [-0.3, -0.25) is 4.79 Å². The number of carbonyl (C=O) groups is 1. The van der Waals surface area contributed by atoms with E-state index in [2.05, 4.69) is 12.2 Å². The van der Waals surface area contributed by atoms with Crippen molar-refractivity contribution in [1.29, 1.82) is 0 Å². The molecular formula is C23H29NO5. The maximum absolute atomic E-state index is 12.3. The number of hydrogen-bond acceptors (Lipinski definition) is 5. The summed E-state index contributed by atoms with van der Waals surface area (Å²) in [5.41, 5.74) is 1.41. The second-order valence-electron chi connectivity index (χ2n) is 6.23. The molecule has 0 spiro atoms. The van der Waals surface area contributed by atoms with Crippen molar-refractivity contribution in [2.75, 3.05) is 32.8 Å². The van der Waals surface area contributed by atoms with Crippen LogP contribution in [-0.2, 0) is 4.79 Å². The normalized spacial score (nSPS) is 10.6. The molecule has 0 unspecified atom stereocenters. The molecule has 0 heterocycles. The molecule has 0 radical (unpaired) electrons. The van der Waals surface area contributed by atoms with E-state index in [4.69, 9.17) is 18.9 Å². The summed E-state index contributed by atoms with van der Waals surface area (Å²) in [6.07, 6.45) is 5.25. The molecule has 1 amide bonds. The molecular weight excluding hydrogens is 370 g/mol. The average molecular weight is 399 g/mol. The van der Waals surface area contributed by atoms with Crippen LogP contribution in [0, 0.1) is 0 Å².